The summed E-state index contributed by atoms with van der Waals surface area (Å²) in [5, 5.41) is 8.58. The SMILES string of the molecule is Oc1cc(F)cnc1Cl. The van der Waals surface area contributed by atoms with Crippen molar-refractivity contribution in [2.75, 3.05) is 0 Å². The summed E-state index contributed by atoms with van der Waals surface area (Å²) in [5.74, 6) is -0.937. The van der Waals surface area contributed by atoms with Gasteiger partial charge in [-0.05, 0) is 0 Å². The fourth-order valence-electron chi connectivity index (χ4n) is 0.412. The molecular formula is C5H3ClFNO. The van der Waals surface area contributed by atoms with Crippen LogP contribution >= 0.6 is 11.6 Å². The molecule has 0 bridgehead atoms. The van der Waals surface area contributed by atoms with Gasteiger partial charge in [0, 0.05) is 6.07 Å². The zero-order valence-electron chi connectivity index (χ0n) is 4.31. The lowest BCUT2D eigenvalue weighted by molar-refractivity contribution is 0.465. The standard InChI is InChI=1S/C5H3ClFNO/c6-5-4(9)1-3(7)2-8-5/h1-2,9H. The Labute approximate surface area is 55.9 Å². The van der Waals surface area contributed by atoms with E-state index >= 15 is 0 Å². The van der Waals surface area contributed by atoms with Crippen LogP contribution in [0.2, 0.25) is 5.15 Å². The second-order valence-electron chi connectivity index (χ2n) is 1.46. The molecule has 2 nitrogen and oxygen atoms in total. The molecule has 0 aromatic carbocycles. The van der Waals surface area contributed by atoms with Crippen molar-refractivity contribution in [3.8, 4) is 5.75 Å². The van der Waals surface area contributed by atoms with E-state index in [4.69, 9.17) is 16.7 Å². The number of hydrogen-bond acceptors (Lipinski definition) is 2. The summed E-state index contributed by atoms with van der Waals surface area (Å²) in [4.78, 5) is 3.32. The first kappa shape index (κ1) is 6.29. The van der Waals surface area contributed by atoms with Gasteiger partial charge < -0.3 is 5.11 Å². The molecule has 1 aromatic rings. The molecule has 0 aliphatic carbocycles. The Kier molecular flexibility index (Phi) is 1.53. The monoisotopic (exact) mass is 147 g/mol. The van der Waals surface area contributed by atoms with Crippen LogP contribution in [0.15, 0.2) is 12.3 Å². The van der Waals surface area contributed by atoms with E-state index in [2.05, 4.69) is 4.98 Å². The van der Waals surface area contributed by atoms with E-state index in [1.165, 1.54) is 0 Å². The summed E-state index contributed by atoms with van der Waals surface area (Å²) in [6.07, 6.45) is 0.933. The molecule has 0 fully saturated rings. The van der Waals surface area contributed by atoms with Gasteiger partial charge in [-0.15, -0.1) is 0 Å². The highest BCUT2D eigenvalue weighted by Crippen LogP contribution is 2.19. The van der Waals surface area contributed by atoms with E-state index in [1.54, 1.807) is 0 Å². The minimum atomic E-state index is -0.600. The van der Waals surface area contributed by atoms with Gasteiger partial charge in [0.15, 0.2) is 10.9 Å². The van der Waals surface area contributed by atoms with Crippen LogP contribution < -0.4 is 0 Å². The van der Waals surface area contributed by atoms with Gasteiger partial charge in [-0.3, -0.25) is 0 Å². The Morgan fingerprint density at radius 3 is 2.78 bits per heavy atom. The Bertz CT molecular complexity index is 228. The lowest BCUT2D eigenvalue weighted by Crippen LogP contribution is -1.78. The van der Waals surface area contributed by atoms with Crippen molar-refractivity contribution in [2.45, 2.75) is 0 Å². The van der Waals surface area contributed by atoms with Gasteiger partial charge in [0.25, 0.3) is 0 Å². The van der Waals surface area contributed by atoms with Crippen molar-refractivity contribution in [3.63, 3.8) is 0 Å². The molecule has 0 spiro atoms. The lowest BCUT2D eigenvalue weighted by atomic mass is 10.4. The average molecular weight is 148 g/mol. The fraction of sp³-hybridized carbons (Fsp3) is 0. The first-order valence-corrected chi connectivity index (χ1v) is 2.58. The predicted octanol–water partition coefficient (Wildman–Crippen LogP) is 1.58. The summed E-state index contributed by atoms with van der Waals surface area (Å²) in [5.41, 5.74) is 0. The van der Waals surface area contributed by atoms with Crippen LogP contribution in [0.3, 0.4) is 0 Å². The maximum absolute atomic E-state index is 12.1. The Morgan fingerprint density at radius 1 is 1.67 bits per heavy atom. The van der Waals surface area contributed by atoms with Crippen molar-refractivity contribution < 1.29 is 9.50 Å². The molecule has 9 heavy (non-hydrogen) atoms. The van der Waals surface area contributed by atoms with Crippen molar-refractivity contribution in [3.05, 3.63) is 23.2 Å². The highest BCUT2D eigenvalue weighted by Gasteiger charge is 1.98. The van der Waals surface area contributed by atoms with Crippen LogP contribution in [0.5, 0.6) is 5.75 Å². The third kappa shape index (κ3) is 1.29. The van der Waals surface area contributed by atoms with E-state index in [0.717, 1.165) is 12.3 Å². The van der Waals surface area contributed by atoms with Gasteiger partial charge in [-0.25, -0.2) is 9.37 Å². The first-order chi connectivity index (χ1) is 4.20. The quantitative estimate of drug-likeness (QED) is 0.566. The van der Waals surface area contributed by atoms with Gasteiger partial charge >= 0.3 is 0 Å². The molecule has 0 unspecified atom stereocenters. The van der Waals surface area contributed by atoms with Crippen LogP contribution in [0.1, 0.15) is 0 Å². The van der Waals surface area contributed by atoms with E-state index in [1.807, 2.05) is 0 Å². The fourth-order valence-corrected chi connectivity index (χ4v) is 0.515. The normalized spacial score (nSPS) is 9.56. The van der Waals surface area contributed by atoms with Crippen LogP contribution in [-0.2, 0) is 0 Å². The highest BCUT2D eigenvalue weighted by molar-refractivity contribution is 6.30. The van der Waals surface area contributed by atoms with Gasteiger partial charge in [-0.2, -0.15) is 0 Å². The molecule has 1 rings (SSSR count). The second kappa shape index (κ2) is 2.19. The zero-order chi connectivity index (χ0) is 6.85. The smallest absolute Gasteiger partial charge is 0.171 e. The molecule has 48 valence electrons. The van der Waals surface area contributed by atoms with Crippen molar-refractivity contribution >= 4 is 11.6 Å². The van der Waals surface area contributed by atoms with Gasteiger partial charge in [0.1, 0.15) is 5.82 Å². The number of halogens is 2. The minimum Gasteiger partial charge on any atom is -0.505 e. The zero-order valence-corrected chi connectivity index (χ0v) is 5.06. The van der Waals surface area contributed by atoms with E-state index in [9.17, 15) is 4.39 Å². The number of aromatic nitrogens is 1. The first-order valence-electron chi connectivity index (χ1n) is 2.20. The predicted molar refractivity (Wildman–Crippen MR) is 30.9 cm³/mol. The average Bonchev–Trinajstić information content (AvgIpc) is 1.80. The summed E-state index contributed by atoms with van der Waals surface area (Å²) in [6, 6.07) is 0.898. The van der Waals surface area contributed by atoms with Gasteiger partial charge in [-0.1, -0.05) is 11.6 Å². The molecule has 1 heterocycles. The molecule has 4 heteroatoms. The molecular weight excluding hydrogens is 145 g/mol. The van der Waals surface area contributed by atoms with Crippen LogP contribution in [0.25, 0.3) is 0 Å². The topological polar surface area (TPSA) is 33.1 Å². The van der Waals surface area contributed by atoms with Gasteiger partial charge in [0.05, 0.1) is 6.20 Å². The summed E-state index contributed by atoms with van der Waals surface area (Å²) in [7, 11) is 0. The molecule has 0 aliphatic heterocycles. The van der Waals surface area contributed by atoms with Crippen LogP contribution in [0.4, 0.5) is 4.39 Å². The van der Waals surface area contributed by atoms with Crippen LogP contribution in [0, 0.1) is 5.82 Å². The molecule has 0 aliphatic rings. The Morgan fingerprint density at radius 2 is 2.33 bits per heavy atom. The highest BCUT2D eigenvalue weighted by atomic mass is 35.5. The van der Waals surface area contributed by atoms with Crippen molar-refractivity contribution in [1.82, 2.24) is 4.98 Å². The molecule has 1 N–H and O–H groups in total. The second-order valence-corrected chi connectivity index (χ2v) is 1.82. The maximum atomic E-state index is 12.1. The van der Waals surface area contributed by atoms with E-state index in [-0.39, 0.29) is 10.9 Å². The third-order valence-electron chi connectivity index (χ3n) is 0.787. The van der Waals surface area contributed by atoms with Crippen molar-refractivity contribution in [1.29, 1.82) is 0 Å². The summed E-state index contributed by atoms with van der Waals surface area (Å²) < 4.78 is 12.1. The molecule has 0 radical (unpaired) electrons. The Hall–Kier alpha value is -0.830. The van der Waals surface area contributed by atoms with Crippen LogP contribution in [-0.4, -0.2) is 10.1 Å². The molecule has 0 amide bonds. The maximum Gasteiger partial charge on any atom is 0.171 e. The number of pyridine rings is 1. The van der Waals surface area contributed by atoms with E-state index in [0.29, 0.717) is 0 Å². The lowest BCUT2D eigenvalue weighted by Gasteiger charge is -1.91. The number of hydrogen-bond donors (Lipinski definition) is 1. The number of rotatable bonds is 0. The Balaban J connectivity index is 3.17. The number of aromatic hydroxyl groups is 1. The van der Waals surface area contributed by atoms with Crippen molar-refractivity contribution in [2.24, 2.45) is 0 Å². The molecule has 1 aromatic heterocycles. The molecule has 0 saturated heterocycles. The molecule has 0 saturated carbocycles. The number of nitrogens with zero attached hydrogens (tertiary/aromatic N) is 1. The summed E-state index contributed by atoms with van der Waals surface area (Å²) >= 11 is 5.25. The third-order valence-corrected chi connectivity index (χ3v) is 1.08. The van der Waals surface area contributed by atoms with E-state index < -0.39 is 5.82 Å². The summed E-state index contributed by atoms with van der Waals surface area (Å²) in [6.45, 7) is 0. The molecule has 0 atom stereocenters. The largest absolute Gasteiger partial charge is 0.505 e. The minimum absolute atomic E-state index is 0.0867. The van der Waals surface area contributed by atoms with Gasteiger partial charge in [0.2, 0.25) is 0 Å².